The Morgan fingerprint density at radius 3 is 2.32 bits per heavy atom. The maximum atomic E-state index is 13.6. The molecular formula is C42H52N10O6S. The summed E-state index contributed by atoms with van der Waals surface area (Å²) in [7, 11) is 5.72. The Morgan fingerprint density at radius 1 is 0.898 bits per heavy atom. The van der Waals surface area contributed by atoms with Crippen LogP contribution in [0, 0.1) is 0 Å². The van der Waals surface area contributed by atoms with Crippen LogP contribution in [-0.2, 0) is 27.7 Å². The molecular weight excluding hydrogens is 773 g/mol. The number of benzene rings is 2. The zero-order valence-corrected chi connectivity index (χ0v) is 34.6. The monoisotopic (exact) mass is 824 g/mol. The van der Waals surface area contributed by atoms with Gasteiger partial charge < -0.3 is 20.1 Å². The first-order valence-electron chi connectivity index (χ1n) is 20.2. The molecule has 0 radical (unpaired) electrons. The molecule has 17 heteroatoms. The van der Waals surface area contributed by atoms with Crippen molar-refractivity contribution in [3.05, 3.63) is 87.2 Å². The van der Waals surface area contributed by atoms with E-state index >= 15 is 0 Å². The van der Waals surface area contributed by atoms with Gasteiger partial charge in [-0.2, -0.15) is 0 Å². The van der Waals surface area contributed by atoms with Gasteiger partial charge in [0.05, 0.1) is 35.7 Å². The Morgan fingerprint density at radius 2 is 1.63 bits per heavy atom. The van der Waals surface area contributed by atoms with Gasteiger partial charge in [-0.05, 0) is 75.0 Å². The van der Waals surface area contributed by atoms with Gasteiger partial charge in [-0.15, -0.1) is 8.61 Å². The summed E-state index contributed by atoms with van der Waals surface area (Å²) in [5.41, 5.74) is 9.26. The molecule has 0 spiro atoms. The number of anilines is 2. The van der Waals surface area contributed by atoms with E-state index in [2.05, 4.69) is 15.2 Å². The van der Waals surface area contributed by atoms with E-state index in [1.165, 1.54) is 6.34 Å². The molecule has 16 nitrogen and oxygen atoms in total. The highest BCUT2D eigenvalue weighted by Gasteiger charge is 2.46. The predicted octanol–water partition coefficient (Wildman–Crippen LogP) is 3.28. The topological polar surface area (TPSA) is 192 Å². The SMILES string of the molecule is CN(CCN(C)[S+]([O-])N1CCC(N=Cc2ccc(=O)n(C3CCCC3)c2N=CN)CC1)Cc1ccc(N(C)c2cccc3c2C(=O)N(C2CCC(=O)NC2=O)C3=O)cc1. The lowest BCUT2D eigenvalue weighted by Gasteiger charge is -2.33. The lowest BCUT2D eigenvalue weighted by Crippen LogP contribution is -2.54. The molecule has 4 heterocycles. The van der Waals surface area contributed by atoms with Gasteiger partial charge in [0.15, 0.2) is 0 Å². The summed E-state index contributed by atoms with van der Waals surface area (Å²) >= 11 is -1.29. The van der Waals surface area contributed by atoms with E-state index < -0.39 is 41.2 Å². The minimum atomic E-state index is -1.29. The van der Waals surface area contributed by atoms with Crippen molar-refractivity contribution in [3.63, 3.8) is 0 Å². The Balaban J connectivity index is 0.887. The second kappa shape index (κ2) is 18.4. The van der Waals surface area contributed by atoms with Crippen molar-refractivity contribution in [2.24, 2.45) is 15.7 Å². The number of carbonyl (C=O) groups is 4. The van der Waals surface area contributed by atoms with Crippen LogP contribution >= 0.6 is 0 Å². The highest BCUT2D eigenvalue weighted by molar-refractivity contribution is 7.86. The number of likely N-dealkylation sites (N-methyl/N-ethyl adjacent to an activating group) is 2. The highest BCUT2D eigenvalue weighted by Crippen LogP contribution is 2.37. The summed E-state index contributed by atoms with van der Waals surface area (Å²) in [4.78, 5) is 78.2. The van der Waals surface area contributed by atoms with Crippen LogP contribution < -0.4 is 21.5 Å². The molecule has 2 saturated heterocycles. The van der Waals surface area contributed by atoms with Gasteiger partial charge in [-0.3, -0.25) is 43.7 Å². The van der Waals surface area contributed by atoms with Crippen molar-refractivity contribution in [1.29, 1.82) is 0 Å². The molecule has 7 rings (SSSR count). The van der Waals surface area contributed by atoms with Crippen LogP contribution in [0.3, 0.4) is 0 Å². The second-order valence-electron chi connectivity index (χ2n) is 15.7. The number of imide groups is 2. The highest BCUT2D eigenvalue weighted by atomic mass is 32.2. The molecule has 1 aliphatic carbocycles. The number of rotatable bonds is 14. The van der Waals surface area contributed by atoms with Crippen molar-refractivity contribution < 1.29 is 23.7 Å². The maximum Gasteiger partial charge on any atom is 0.264 e. The average Bonchev–Trinajstić information content (AvgIpc) is 3.86. The Hall–Kier alpha value is -5.20. The predicted molar refractivity (Wildman–Crippen MR) is 227 cm³/mol. The first-order chi connectivity index (χ1) is 28.4. The summed E-state index contributed by atoms with van der Waals surface area (Å²) in [5.74, 6) is -1.60. The summed E-state index contributed by atoms with van der Waals surface area (Å²) in [5, 5.41) is 2.24. The molecule has 59 heavy (non-hydrogen) atoms. The average molecular weight is 825 g/mol. The number of amides is 4. The third-order valence-corrected chi connectivity index (χ3v) is 13.3. The fourth-order valence-corrected chi connectivity index (χ4v) is 9.59. The van der Waals surface area contributed by atoms with Gasteiger partial charge in [0.1, 0.15) is 23.4 Å². The number of aromatic nitrogens is 1. The van der Waals surface area contributed by atoms with Gasteiger partial charge in [0.2, 0.25) is 11.8 Å². The van der Waals surface area contributed by atoms with E-state index in [9.17, 15) is 28.5 Å². The third kappa shape index (κ3) is 9.04. The molecule has 1 saturated carbocycles. The van der Waals surface area contributed by atoms with E-state index in [-0.39, 0.29) is 41.6 Å². The smallest absolute Gasteiger partial charge is 0.264 e. The number of nitrogens with zero attached hydrogens (tertiary/aromatic N) is 8. The second-order valence-corrected chi connectivity index (χ2v) is 17.3. The number of hydrogen-bond acceptors (Lipinski definition) is 12. The van der Waals surface area contributed by atoms with E-state index in [0.717, 1.165) is 60.2 Å². The molecule has 0 bridgehead atoms. The van der Waals surface area contributed by atoms with Crippen LogP contribution in [-0.4, -0.2) is 123 Å². The first kappa shape index (κ1) is 41.9. The van der Waals surface area contributed by atoms with E-state index in [1.807, 2.05) is 58.9 Å². The number of nitrogens with two attached hydrogens (primary N) is 1. The molecule has 3 fully saturated rings. The standard InChI is InChI=1S/C42H52N10O6S/c1-47(23-24-48(2)59(58)50-21-19-30(20-22-50)44-25-29-13-18-37(54)51(39(29)45-27-43)32-7-4-5-8-32)26-28-11-14-31(15-12-28)49(3)34-10-6-9-33-38(34)42(57)52(41(33)56)35-16-17-36(53)46-40(35)55/h6,9-15,18,25,27,30,32,35H,4-5,7-8,16-17,19-24,26H2,1-3H3,(H2,43,45)(H,46,53,55). The largest absolute Gasteiger partial charge is 0.578 e. The molecule has 2 aromatic carbocycles. The molecule has 1 aromatic heterocycles. The lowest BCUT2D eigenvalue weighted by atomic mass is 10.0. The molecule has 3 aromatic rings. The van der Waals surface area contributed by atoms with Gasteiger partial charge >= 0.3 is 0 Å². The van der Waals surface area contributed by atoms with Gasteiger partial charge in [-0.1, -0.05) is 31.0 Å². The fraction of sp³-hybridized carbons (Fsp3) is 0.452. The minimum absolute atomic E-state index is 0.0581. The number of carbonyl (C=O) groups excluding carboxylic acids is 4. The minimum Gasteiger partial charge on any atom is -0.578 e. The summed E-state index contributed by atoms with van der Waals surface area (Å²) in [6.45, 7) is 3.26. The first-order valence-corrected chi connectivity index (χ1v) is 21.3. The van der Waals surface area contributed by atoms with Crippen molar-refractivity contribution in [1.82, 2.24) is 28.3 Å². The number of nitrogens with one attached hydrogen (secondary N) is 1. The van der Waals surface area contributed by atoms with Gasteiger partial charge in [-0.25, -0.2) is 4.99 Å². The molecule has 3 aliphatic heterocycles. The van der Waals surface area contributed by atoms with Crippen molar-refractivity contribution in [2.75, 3.05) is 52.2 Å². The lowest BCUT2D eigenvalue weighted by molar-refractivity contribution is -0.136. The van der Waals surface area contributed by atoms with Crippen molar-refractivity contribution >= 4 is 64.9 Å². The molecule has 2 atom stereocenters. The summed E-state index contributed by atoms with van der Waals surface area (Å²) < 4.78 is 19.1. The Kier molecular flexibility index (Phi) is 13.1. The van der Waals surface area contributed by atoms with Gasteiger partial charge in [0, 0.05) is 76.3 Å². The maximum absolute atomic E-state index is 13.6. The number of aliphatic imine (C=N–C) groups is 2. The van der Waals surface area contributed by atoms with Crippen LogP contribution in [0.1, 0.15) is 89.3 Å². The number of fused-ring (bicyclic) bond motifs is 1. The van der Waals surface area contributed by atoms with E-state index in [4.69, 9.17) is 10.7 Å². The number of hydrogen-bond donors (Lipinski definition) is 2. The molecule has 4 aliphatic rings. The molecule has 3 N–H and O–H groups in total. The zero-order valence-electron chi connectivity index (χ0n) is 33.8. The summed E-state index contributed by atoms with van der Waals surface area (Å²) in [6.07, 6.45) is 8.81. The number of piperidine rings is 2. The third-order valence-electron chi connectivity index (χ3n) is 11.7. The van der Waals surface area contributed by atoms with Crippen LogP contribution in [0.15, 0.2) is 69.4 Å². The van der Waals surface area contributed by atoms with Crippen LogP contribution in [0.25, 0.3) is 0 Å². The van der Waals surface area contributed by atoms with Crippen LogP contribution in [0.4, 0.5) is 17.2 Å². The fourth-order valence-electron chi connectivity index (χ4n) is 8.43. The van der Waals surface area contributed by atoms with Crippen molar-refractivity contribution in [3.8, 4) is 0 Å². The van der Waals surface area contributed by atoms with Crippen molar-refractivity contribution in [2.45, 2.75) is 76.0 Å². The molecule has 312 valence electrons. The zero-order chi connectivity index (χ0) is 41.8. The van der Waals surface area contributed by atoms with E-state index in [0.29, 0.717) is 44.2 Å². The number of pyridine rings is 1. The quantitative estimate of drug-likeness (QED) is 0.105. The molecule has 2 unspecified atom stereocenters. The molecule has 4 amide bonds. The normalized spacial score (nSPS) is 20.2. The Labute approximate surface area is 347 Å². The van der Waals surface area contributed by atoms with Gasteiger partial charge in [0.25, 0.3) is 17.4 Å². The Bertz CT molecular complexity index is 2180. The van der Waals surface area contributed by atoms with Crippen LogP contribution in [0.2, 0.25) is 0 Å². The summed E-state index contributed by atoms with van der Waals surface area (Å²) in [6, 6.07) is 15.5. The van der Waals surface area contributed by atoms with E-state index in [1.54, 1.807) is 41.1 Å². The van der Waals surface area contributed by atoms with Crippen LogP contribution in [0.5, 0.6) is 0 Å².